The van der Waals surface area contributed by atoms with Gasteiger partial charge in [0.2, 0.25) is 0 Å². The lowest BCUT2D eigenvalue weighted by molar-refractivity contribution is 0.350. The van der Waals surface area contributed by atoms with Crippen molar-refractivity contribution in [3.63, 3.8) is 0 Å². The molecular weight excluding hydrogens is 258 g/mol. The van der Waals surface area contributed by atoms with Crippen molar-refractivity contribution in [1.82, 2.24) is 0 Å². The van der Waals surface area contributed by atoms with Crippen LogP contribution >= 0.6 is 0 Å². The van der Waals surface area contributed by atoms with E-state index in [1.54, 1.807) is 0 Å². The van der Waals surface area contributed by atoms with Crippen LogP contribution in [0.4, 0.5) is 5.69 Å². The molecule has 0 spiro atoms. The first kappa shape index (κ1) is 15.2. The quantitative estimate of drug-likeness (QED) is 0.869. The maximum atomic E-state index is 8.68. The molecule has 0 bridgehead atoms. The van der Waals surface area contributed by atoms with Crippen LogP contribution in [0.2, 0.25) is 0 Å². The third-order valence-corrected chi connectivity index (χ3v) is 3.47. The van der Waals surface area contributed by atoms with Gasteiger partial charge in [-0.2, -0.15) is 0 Å². The normalized spacial score (nSPS) is 9.86. The van der Waals surface area contributed by atoms with Gasteiger partial charge in [0.1, 0.15) is 6.61 Å². The van der Waals surface area contributed by atoms with Gasteiger partial charge in [-0.05, 0) is 41.8 Å². The van der Waals surface area contributed by atoms with Crippen LogP contribution in [0.25, 0.3) is 0 Å². The van der Waals surface area contributed by atoms with Crippen molar-refractivity contribution >= 4 is 5.69 Å². The average molecular weight is 279 g/mol. The van der Waals surface area contributed by atoms with Crippen LogP contribution in [0.3, 0.4) is 0 Å². The second-order valence-corrected chi connectivity index (χ2v) is 5.03. The molecule has 21 heavy (non-hydrogen) atoms. The van der Waals surface area contributed by atoms with Gasteiger partial charge < -0.3 is 10.0 Å². The van der Waals surface area contributed by atoms with Crippen LogP contribution in [-0.2, 0) is 13.0 Å². The highest BCUT2D eigenvalue weighted by molar-refractivity contribution is 5.48. The van der Waals surface area contributed by atoms with E-state index in [4.69, 9.17) is 5.11 Å². The van der Waals surface area contributed by atoms with Crippen LogP contribution in [0.15, 0.2) is 48.5 Å². The summed E-state index contributed by atoms with van der Waals surface area (Å²) in [6, 6.07) is 16.8. The molecular formula is C19H21NO. The van der Waals surface area contributed by atoms with Crippen LogP contribution in [0.1, 0.15) is 23.6 Å². The van der Waals surface area contributed by atoms with E-state index in [2.05, 4.69) is 67.1 Å². The van der Waals surface area contributed by atoms with Crippen molar-refractivity contribution in [2.75, 3.05) is 18.6 Å². The summed E-state index contributed by atoms with van der Waals surface area (Å²) in [6.45, 7) is 2.93. The Balaban J connectivity index is 2.02. The Morgan fingerprint density at radius 2 is 1.57 bits per heavy atom. The summed E-state index contributed by atoms with van der Waals surface area (Å²) < 4.78 is 0. The lowest BCUT2D eigenvalue weighted by Crippen LogP contribution is -2.16. The molecule has 2 nitrogen and oxygen atoms in total. The van der Waals surface area contributed by atoms with E-state index in [0.717, 1.165) is 18.5 Å². The molecule has 0 unspecified atom stereocenters. The van der Waals surface area contributed by atoms with Gasteiger partial charge in [-0.25, -0.2) is 0 Å². The third kappa shape index (κ3) is 4.37. The third-order valence-electron chi connectivity index (χ3n) is 3.47. The summed E-state index contributed by atoms with van der Waals surface area (Å²) in [6.07, 6.45) is 1.07. The second kappa shape index (κ2) is 7.52. The lowest BCUT2D eigenvalue weighted by Gasteiger charge is -2.19. The number of hydrogen-bond donors (Lipinski definition) is 1. The Hall–Kier alpha value is -2.24. The van der Waals surface area contributed by atoms with E-state index in [-0.39, 0.29) is 6.61 Å². The summed E-state index contributed by atoms with van der Waals surface area (Å²) in [7, 11) is 2.10. The molecule has 2 rings (SSSR count). The Morgan fingerprint density at radius 1 is 0.952 bits per heavy atom. The molecule has 0 heterocycles. The monoisotopic (exact) mass is 279 g/mol. The fraction of sp³-hybridized carbons (Fsp3) is 0.263. The Morgan fingerprint density at radius 3 is 2.14 bits per heavy atom. The molecule has 0 amide bonds. The largest absolute Gasteiger partial charge is 0.384 e. The number of aliphatic hydroxyl groups is 1. The zero-order valence-corrected chi connectivity index (χ0v) is 12.6. The predicted molar refractivity (Wildman–Crippen MR) is 88.3 cm³/mol. The summed E-state index contributed by atoms with van der Waals surface area (Å²) in [5.74, 6) is 5.56. The van der Waals surface area contributed by atoms with Crippen LogP contribution < -0.4 is 4.90 Å². The molecule has 2 aromatic rings. The highest BCUT2D eigenvalue weighted by atomic mass is 16.2. The van der Waals surface area contributed by atoms with E-state index >= 15 is 0 Å². The lowest BCUT2D eigenvalue weighted by atomic mass is 10.1. The number of rotatable bonds is 4. The minimum absolute atomic E-state index is 0.0990. The van der Waals surface area contributed by atoms with Gasteiger partial charge in [0, 0.05) is 24.8 Å². The number of hydrogen-bond acceptors (Lipinski definition) is 2. The summed E-state index contributed by atoms with van der Waals surface area (Å²) in [5.41, 5.74) is 4.75. The number of aryl methyl sites for hydroxylation is 1. The summed E-state index contributed by atoms with van der Waals surface area (Å²) >= 11 is 0. The zero-order valence-electron chi connectivity index (χ0n) is 12.6. The molecule has 0 aliphatic heterocycles. The van der Waals surface area contributed by atoms with Gasteiger partial charge in [0.15, 0.2) is 0 Å². The number of anilines is 1. The Kier molecular flexibility index (Phi) is 5.43. The molecule has 0 atom stereocenters. The minimum Gasteiger partial charge on any atom is -0.384 e. The van der Waals surface area contributed by atoms with Gasteiger partial charge >= 0.3 is 0 Å². The number of benzene rings is 2. The van der Waals surface area contributed by atoms with Gasteiger partial charge in [-0.15, -0.1) is 0 Å². The zero-order chi connectivity index (χ0) is 15.1. The molecule has 0 saturated heterocycles. The van der Waals surface area contributed by atoms with Crippen molar-refractivity contribution in [2.45, 2.75) is 19.9 Å². The summed E-state index contributed by atoms with van der Waals surface area (Å²) in [4.78, 5) is 2.23. The molecule has 0 aromatic heterocycles. The van der Waals surface area contributed by atoms with Crippen LogP contribution in [-0.4, -0.2) is 18.8 Å². The molecule has 2 aromatic carbocycles. The minimum atomic E-state index is -0.0990. The van der Waals surface area contributed by atoms with E-state index < -0.39 is 0 Å². The Bertz CT molecular complexity index is 617. The molecule has 0 aliphatic rings. The second-order valence-electron chi connectivity index (χ2n) is 5.03. The first-order chi connectivity index (χ1) is 10.2. The average Bonchev–Trinajstić information content (AvgIpc) is 2.54. The standard InChI is InChI=1S/C19H21NO/c1-3-16-10-12-19(13-11-16)20(2)15-18-8-6-17(7-9-18)5-4-14-21/h6-13,21H,3,14-15H2,1-2H3. The first-order valence-corrected chi connectivity index (χ1v) is 7.21. The molecule has 0 saturated carbocycles. The van der Waals surface area contributed by atoms with Crippen molar-refractivity contribution < 1.29 is 5.11 Å². The highest BCUT2D eigenvalue weighted by Gasteiger charge is 2.02. The SMILES string of the molecule is CCc1ccc(N(C)Cc2ccc(C#CCO)cc2)cc1. The molecule has 0 fully saturated rings. The van der Waals surface area contributed by atoms with Gasteiger partial charge in [-0.1, -0.05) is 43.0 Å². The van der Waals surface area contributed by atoms with Crippen molar-refractivity contribution in [2.24, 2.45) is 0 Å². The smallest absolute Gasteiger partial charge is 0.104 e. The van der Waals surface area contributed by atoms with Crippen molar-refractivity contribution in [1.29, 1.82) is 0 Å². The highest BCUT2D eigenvalue weighted by Crippen LogP contribution is 2.17. The van der Waals surface area contributed by atoms with E-state index in [9.17, 15) is 0 Å². The van der Waals surface area contributed by atoms with Gasteiger partial charge in [0.25, 0.3) is 0 Å². The van der Waals surface area contributed by atoms with Crippen molar-refractivity contribution in [3.05, 3.63) is 65.2 Å². The Labute approximate surface area is 127 Å². The maximum absolute atomic E-state index is 8.68. The molecule has 108 valence electrons. The fourth-order valence-corrected chi connectivity index (χ4v) is 2.19. The maximum Gasteiger partial charge on any atom is 0.104 e. The van der Waals surface area contributed by atoms with Crippen LogP contribution in [0.5, 0.6) is 0 Å². The van der Waals surface area contributed by atoms with Gasteiger partial charge in [-0.3, -0.25) is 0 Å². The summed E-state index contributed by atoms with van der Waals surface area (Å²) in [5, 5.41) is 8.68. The topological polar surface area (TPSA) is 23.5 Å². The van der Waals surface area contributed by atoms with E-state index in [1.807, 2.05) is 12.1 Å². The van der Waals surface area contributed by atoms with E-state index in [0.29, 0.717) is 0 Å². The fourth-order valence-electron chi connectivity index (χ4n) is 2.19. The molecule has 1 N–H and O–H groups in total. The first-order valence-electron chi connectivity index (χ1n) is 7.21. The van der Waals surface area contributed by atoms with Crippen LogP contribution in [0, 0.1) is 11.8 Å². The van der Waals surface area contributed by atoms with Crippen molar-refractivity contribution in [3.8, 4) is 11.8 Å². The van der Waals surface area contributed by atoms with E-state index in [1.165, 1.54) is 16.8 Å². The number of nitrogens with zero attached hydrogens (tertiary/aromatic N) is 1. The molecule has 0 aliphatic carbocycles. The number of aliphatic hydroxyl groups excluding tert-OH is 1. The molecule has 0 radical (unpaired) electrons. The van der Waals surface area contributed by atoms with Gasteiger partial charge in [0.05, 0.1) is 0 Å². The predicted octanol–water partition coefficient (Wildman–Crippen LogP) is 3.23. The molecule has 2 heteroatoms.